The molecule has 2 aromatic rings. The number of nitrogens with zero attached hydrogens (tertiary/aromatic N) is 1. The van der Waals surface area contributed by atoms with E-state index in [1.165, 1.54) is 17.7 Å². The van der Waals surface area contributed by atoms with Crippen LogP contribution in [0.4, 0.5) is 4.39 Å². The number of ether oxygens (including phenoxy) is 2. The molecule has 2 heterocycles. The second-order valence-electron chi connectivity index (χ2n) is 9.03. The summed E-state index contributed by atoms with van der Waals surface area (Å²) < 4.78 is 25.6. The summed E-state index contributed by atoms with van der Waals surface area (Å²) in [5, 5.41) is 10.5. The maximum Gasteiger partial charge on any atom is 0.194 e. The van der Waals surface area contributed by atoms with Crippen LogP contribution in [-0.4, -0.2) is 42.9 Å². The number of halogens is 1. The average molecular weight is 412 g/mol. The van der Waals surface area contributed by atoms with Crippen LogP contribution in [0.25, 0.3) is 0 Å². The summed E-state index contributed by atoms with van der Waals surface area (Å²) in [5.74, 6) is -1.01. The summed E-state index contributed by atoms with van der Waals surface area (Å²) in [6.45, 7) is 4.34. The molecular weight excluding hydrogens is 381 g/mol. The SMILES string of the molecule is OC1CC2(CCN(CCCC3(c4ccc(F)cc4)OCCCO3)C2)c2ccccc21. The van der Waals surface area contributed by atoms with Gasteiger partial charge in [0.1, 0.15) is 5.82 Å². The van der Waals surface area contributed by atoms with Gasteiger partial charge >= 0.3 is 0 Å². The van der Waals surface area contributed by atoms with Gasteiger partial charge in [-0.25, -0.2) is 4.39 Å². The minimum Gasteiger partial charge on any atom is -0.388 e. The zero-order valence-electron chi connectivity index (χ0n) is 17.4. The first kappa shape index (κ1) is 20.1. The first-order valence-electron chi connectivity index (χ1n) is 11.1. The van der Waals surface area contributed by atoms with E-state index in [4.69, 9.17) is 9.47 Å². The number of likely N-dealkylation sites (tertiary alicyclic amines) is 1. The predicted octanol–water partition coefficient (Wildman–Crippen LogP) is 4.28. The molecule has 1 aliphatic carbocycles. The van der Waals surface area contributed by atoms with Crippen molar-refractivity contribution in [2.24, 2.45) is 0 Å². The van der Waals surface area contributed by atoms with Gasteiger partial charge in [0.05, 0.1) is 19.3 Å². The predicted molar refractivity (Wildman–Crippen MR) is 113 cm³/mol. The maximum absolute atomic E-state index is 13.4. The van der Waals surface area contributed by atoms with Gasteiger partial charge in [0.25, 0.3) is 0 Å². The first-order valence-corrected chi connectivity index (χ1v) is 11.1. The molecule has 5 rings (SSSR count). The Morgan fingerprint density at radius 2 is 1.83 bits per heavy atom. The number of hydrogen-bond acceptors (Lipinski definition) is 4. The number of aliphatic hydroxyl groups excluding tert-OH is 1. The summed E-state index contributed by atoms with van der Waals surface area (Å²) in [6.07, 6.45) is 4.16. The molecule has 2 saturated heterocycles. The highest BCUT2D eigenvalue weighted by molar-refractivity contribution is 5.42. The zero-order chi connectivity index (χ0) is 20.6. The number of fused-ring (bicyclic) bond motifs is 2. The molecule has 0 saturated carbocycles. The van der Waals surface area contributed by atoms with Crippen LogP contribution in [0.2, 0.25) is 0 Å². The Labute approximate surface area is 177 Å². The van der Waals surface area contributed by atoms with Crippen molar-refractivity contribution in [3.05, 3.63) is 71.0 Å². The molecule has 1 spiro atoms. The summed E-state index contributed by atoms with van der Waals surface area (Å²) in [4.78, 5) is 2.51. The molecule has 30 heavy (non-hydrogen) atoms. The largest absolute Gasteiger partial charge is 0.388 e. The molecule has 2 fully saturated rings. The van der Waals surface area contributed by atoms with Crippen LogP contribution in [0.15, 0.2) is 48.5 Å². The lowest BCUT2D eigenvalue weighted by Crippen LogP contribution is -2.39. The monoisotopic (exact) mass is 411 g/mol. The highest BCUT2D eigenvalue weighted by Gasteiger charge is 2.47. The Kier molecular flexibility index (Phi) is 5.40. The Bertz CT molecular complexity index is 880. The van der Waals surface area contributed by atoms with Crippen LogP contribution >= 0.6 is 0 Å². The van der Waals surface area contributed by atoms with Gasteiger partial charge in [-0.3, -0.25) is 0 Å². The first-order chi connectivity index (χ1) is 14.6. The molecule has 1 N–H and O–H groups in total. The molecular formula is C25H30FNO3. The van der Waals surface area contributed by atoms with Crippen molar-refractivity contribution in [3.63, 3.8) is 0 Å². The molecule has 0 amide bonds. The quantitative estimate of drug-likeness (QED) is 0.798. The van der Waals surface area contributed by atoms with Crippen molar-refractivity contribution in [1.82, 2.24) is 4.90 Å². The lowest BCUT2D eigenvalue weighted by atomic mass is 9.81. The van der Waals surface area contributed by atoms with Crippen LogP contribution in [0.3, 0.4) is 0 Å². The maximum atomic E-state index is 13.4. The molecule has 5 heteroatoms. The van der Waals surface area contributed by atoms with E-state index in [2.05, 4.69) is 23.1 Å². The van der Waals surface area contributed by atoms with Crippen LogP contribution in [0.1, 0.15) is 54.9 Å². The van der Waals surface area contributed by atoms with Gasteiger partial charge in [0.15, 0.2) is 5.79 Å². The summed E-state index contributed by atoms with van der Waals surface area (Å²) >= 11 is 0. The van der Waals surface area contributed by atoms with E-state index >= 15 is 0 Å². The smallest absolute Gasteiger partial charge is 0.194 e. The Morgan fingerprint density at radius 3 is 2.63 bits per heavy atom. The number of rotatable bonds is 5. The lowest BCUT2D eigenvalue weighted by molar-refractivity contribution is -0.280. The van der Waals surface area contributed by atoms with Crippen molar-refractivity contribution in [3.8, 4) is 0 Å². The minimum atomic E-state index is -0.764. The summed E-state index contributed by atoms with van der Waals surface area (Å²) in [5.41, 5.74) is 3.43. The van der Waals surface area contributed by atoms with E-state index in [0.29, 0.717) is 13.2 Å². The highest BCUT2D eigenvalue weighted by atomic mass is 19.1. The van der Waals surface area contributed by atoms with Gasteiger partial charge in [-0.1, -0.05) is 36.4 Å². The van der Waals surface area contributed by atoms with E-state index in [1.807, 2.05) is 6.07 Å². The van der Waals surface area contributed by atoms with Gasteiger partial charge in [-0.05, 0) is 62.0 Å². The summed E-state index contributed by atoms with van der Waals surface area (Å²) in [6, 6.07) is 14.9. The molecule has 0 radical (unpaired) electrons. The molecule has 160 valence electrons. The Morgan fingerprint density at radius 1 is 1.07 bits per heavy atom. The molecule has 2 aromatic carbocycles. The third kappa shape index (κ3) is 3.58. The second-order valence-corrected chi connectivity index (χ2v) is 9.03. The normalized spacial score (nSPS) is 28.1. The van der Waals surface area contributed by atoms with E-state index in [-0.39, 0.29) is 17.3 Å². The topological polar surface area (TPSA) is 41.9 Å². The Hall–Kier alpha value is -1.79. The van der Waals surface area contributed by atoms with Crippen molar-refractivity contribution in [1.29, 1.82) is 0 Å². The van der Waals surface area contributed by atoms with Crippen molar-refractivity contribution < 1.29 is 19.0 Å². The fraction of sp³-hybridized carbons (Fsp3) is 0.520. The van der Waals surface area contributed by atoms with Gasteiger partial charge in [0, 0.05) is 23.9 Å². The number of benzene rings is 2. The van der Waals surface area contributed by atoms with E-state index < -0.39 is 5.79 Å². The summed E-state index contributed by atoms with van der Waals surface area (Å²) in [7, 11) is 0. The number of aliphatic hydroxyl groups is 1. The second kappa shape index (κ2) is 8.04. The molecule has 2 atom stereocenters. The minimum absolute atomic E-state index is 0.0858. The Balaban J connectivity index is 1.24. The highest BCUT2D eigenvalue weighted by Crippen LogP contribution is 2.50. The molecule has 2 unspecified atom stereocenters. The van der Waals surface area contributed by atoms with E-state index in [1.54, 1.807) is 12.1 Å². The molecule has 2 aliphatic heterocycles. The third-order valence-corrected chi connectivity index (χ3v) is 7.13. The van der Waals surface area contributed by atoms with Crippen molar-refractivity contribution in [2.45, 2.75) is 49.4 Å². The number of hydrogen-bond donors (Lipinski definition) is 1. The van der Waals surface area contributed by atoms with Crippen LogP contribution in [0.5, 0.6) is 0 Å². The van der Waals surface area contributed by atoms with E-state index in [9.17, 15) is 9.50 Å². The van der Waals surface area contributed by atoms with Crippen molar-refractivity contribution >= 4 is 0 Å². The van der Waals surface area contributed by atoms with Crippen LogP contribution < -0.4 is 0 Å². The van der Waals surface area contributed by atoms with Gasteiger partial charge < -0.3 is 19.5 Å². The van der Waals surface area contributed by atoms with Crippen LogP contribution in [0, 0.1) is 5.82 Å². The standard InChI is InChI=1S/C25H30FNO3/c26-20-9-7-19(8-10-20)25(29-15-4-16-30-25)11-3-13-27-14-12-24(18-27)17-23(28)21-5-1-2-6-22(21)24/h1-2,5-10,23,28H,3-4,11-18H2. The lowest BCUT2D eigenvalue weighted by Gasteiger charge is -2.38. The molecule has 0 bridgehead atoms. The molecule has 3 aliphatic rings. The zero-order valence-corrected chi connectivity index (χ0v) is 17.4. The van der Waals surface area contributed by atoms with E-state index in [0.717, 1.165) is 62.9 Å². The molecule has 0 aromatic heterocycles. The average Bonchev–Trinajstić information content (AvgIpc) is 3.30. The van der Waals surface area contributed by atoms with Gasteiger partial charge in [-0.15, -0.1) is 0 Å². The fourth-order valence-electron chi connectivity index (χ4n) is 5.67. The van der Waals surface area contributed by atoms with Gasteiger partial charge in [0.2, 0.25) is 0 Å². The van der Waals surface area contributed by atoms with Crippen molar-refractivity contribution in [2.75, 3.05) is 32.8 Å². The third-order valence-electron chi connectivity index (χ3n) is 7.13. The fourth-order valence-corrected chi connectivity index (χ4v) is 5.67. The molecule has 4 nitrogen and oxygen atoms in total. The van der Waals surface area contributed by atoms with Gasteiger partial charge in [-0.2, -0.15) is 0 Å². The van der Waals surface area contributed by atoms with Crippen LogP contribution in [-0.2, 0) is 20.7 Å².